The van der Waals surface area contributed by atoms with Crippen molar-refractivity contribution >= 4 is 38.9 Å². The normalized spacial score (nSPS) is 12.9. The molecule has 55 heavy (non-hydrogen) atoms. The molecule has 0 bridgehead atoms. The van der Waals surface area contributed by atoms with Crippen LogP contribution in [0.3, 0.4) is 0 Å². The van der Waals surface area contributed by atoms with Crippen LogP contribution in [-0.4, -0.2) is 4.57 Å². The highest BCUT2D eigenvalue weighted by Gasteiger charge is 2.39. The van der Waals surface area contributed by atoms with Gasteiger partial charge in [0, 0.05) is 27.6 Å². The summed E-state index contributed by atoms with van der Waals surface area (Å²) in [7, 11) is 0. The monoisotopic (exact) mass is 706 g/mol. The van der Waals surface area contributed by atoms with Crippen LogP contribution in [0.5, 0.6) is 0 Å². The fourth-order valence-electron chi connectivity index (χ4n) is 9.41. The Bertz CT molecular complexity index is 2870. The number of fused-ring (bicyclic) bond motifs is 6. The molecule has 1 heterocycles. The van der Waals surface area contributed by atoms with Crippen molar-refractivity contribution < 1.29 is 0 Å². The van der Waals surface area contributed by atoms with Gasteiger partial charge < -0.3 is 9.47 Å². The van der Waals surface area contributed by atoms with Crippen LogP contribution < -0.4 is 4.90 Å². The minimum absolute atomic E-state index is 0.172. The maximum absolute atomic E-state index is 2.53. The first-order valence-corrected chi connectivity index (χ1v) is 19.3. The van der Waals surface area contributed by atoms with Crippen LogP contribution in [0.15, 0.2) is 182 Å². The van der Waals surface area contributed by atoms with E-state index in [9.17, 15) is 0 Å². The van der Waals surface area contributed by atoms with E-state index in [4.69, 9.17) is 0 Å². The highest BCUT2D eigenvalue weighted by atomic mass is 15.2. The number of anilines is 3. The molecular formula is C53H42N2. The molecule has 264 valence electrons. The molecule has 1 aliphatic carbocycles. The van der Waals surface area contributed by atoms with Crippen LogP contribution in [0, 0.1) is 13.8 Å². The fourth-order valence-corrected chi connectivity index (χ4v) is 9.41. The zero-order valence-corrected chi connectivity index (χ0v) is 31.7. The lowest BCUT2D eigenvalue weighted by molar-refractivity contribution is 0.660. The summed E-state index contributed by atoms with van der Waals surface area (Å²) in [5.41, 5.74) is 19.8. The number of aryl methyl sites for hydroxylation is 2. The van der Waals surface area contributed by atoms with Crippen molar-refractivity contribution in [1.82, 2.24) is 4.57 Å². The van der Waals surface area contributed by atoms with Crippen molar-refractivity contribution in [2.24, 2.45) is 0 Å². The van der Waals surface area contributed by atoms with E-state index in [0.717, 1.165) is 5.69 Å². The molecule has 0 amide bonds. The molecule has 2 nitrogen and oxygen atoms in total. The van der Waals surface area contributed by atoms with Crippen molar-refractivity contribution in [3.63, 3.8) is 0 Å². The SMILES string of the molecule is Cc1cc(-c2cccc3c2c2ccccc2n3-c2ccccc2)cc(C)c1N(c1ccc(-c2ccccc2)cc1)c1cccc2c1C(C)(C)c1ccccc1-2. The summed E-state index contributed by atoms with van der Waals surface area (Å²) in [6, 6.07) is 66.7. The van der Waals surface area contributed by atoms with Crippen LogP contribution in [-0.2, 0) is 5.41 Å². The molecule has 9 aromatic rings. The summed E-state index contributed by atoms with van der Waals surface area (Å²) in [5, 5.41) is 2.54. The van der Waals surface area contributed by atoms with Gasteiger partial charge in [0.05, 0.1) is 22.4 Å². The highest BCUT2D eigenvalue weighted by Crippen LogP contribution is 2.55. The van der Waals surface area contributed by atoms with E-state index < -0.39 is 0 Å². The number of hydrogen-bond acceptors (Lipinski definition) is 1. The maximum atomic E-state index is 2.53. The van der Waals surface area contributed by atoms with Crippen LogP contribution in [0.25, 0.3) is 60.9 Å². The predicted octanol–water partition coefficient (Wildman–Crippen LogP) is 14.5. The molecule has 0 N–H and O–H groups in total. The summed E-state index contributed by atoms with van der Waals surface area (Å²) in [5.74, 6) is 0. The summed E-state index contributed by atoms with van der Waals surface area (Å²) in [6.45, 7) is 9.33. The Hall–Kier alpha value is -6.64. The van der Waals surface area contributed by atoms with Gasteiger partial charge in [-0.25, -0.2) is 0 Å². The molecule has 0 atom stereocenters. The van der Waals surface area contributed by atoms with Crippen molar-refractivity contribution in [3.8, 4) is 39.1 Å². The van der Waals surface area contributed by atoms with Crippen molar-refractivity contribution in [1.29, 1.82) is 0 Å². The second kappa shape index (κ2) is 12.7. The molecule has 0 fully saturated rings. The second-order valence-electron chi connectivity index (χ2n) is 15.5. The maximum Gasteiger partial charge on any atom is 0.0547 e. The zero-order valence-electron chi connectivity index (χ0n) is 31.7. The van der Waals surface area contributed by atoms with Crippen LogP contribution >= 0.6 is 0 Å². The van der Waals surface area contributed by atoms with E-state index in [1.165, 1.54) is 94.5 Å². The lowest BCUT2D eigenvalue weighted by Crippen LogP contribution is -2.21. The van der Waals surface area contributed by atoms with E-state index in [-0.39, 0.29) is 5.41 Å². The predicted molar refractivity (Wildman–Crippen MR) is 233 cm³/mol. The molecule has 10 rings (SSSR count). The van der Waals surface area contributed by atoms with Crippen LogP contribution in [0.4, 0.5) is 17.1 Å². The largest absolute Gasteiger partial charge is 0.310 e. The molecule has 8 aromatic carbocycles. The molecule has 0 saturated carbocycles. The second-order valence-corrected chi connectivity index (χ2v) is 15.5. The Labute approximate surface area is 323 Å². The smallest absolute Gasteiger partial charge is 0.0547 e. The van der Waals surface area contributed by atoms with Crippen molar-refractivity contribution in [2.75, 3.05) is 4.90 Å². The number of benzene rings is 8. The van der Waals surface area contributed by atoms with Gasteiger partial charge in [0.15, 0.2) is 0 Å². The minimum Gasteiger partial charge on any atom is -0.310 e. The Morgan fingerprint density at radius 3 is 1.82 bits per heavy atom. The molecule has 0 unspecified atom stereocenters. The number of hydrogen-bond donors (Lipinski definition) is 0. The molecule has 0 spiro atoms. The Kier molecular flexibility index (Phi) is 7.64. The molecular weight excluding hydrogens is 665 g/mol. The van der Waals surface area contributed by atoms with Gasteiger partial charge in [-0.3, -0.25) is 0 Å². The van der Waals surface area contributed by atoms with E-state index >= 15 is 0 Å². The third-order valence-electron chi connectivity index (χ3n) is 11.8. The van der Waals surface area contributed by atoms with E-state index in [1.807, 2.05) is 0 Å². The summed E-state index contributed by atoms with van der Waals surface area (Å²) >= 11 is 0. The standard InChI is InChI=1S/C53H42N2/c1-35-33-39(42-23-15-27-48-50(42)45-22-12-14-26-47(45)54(48)40-19-9-6-10-20-40)34-36(2)52(35)55(41-31-29-38(30-32-41)37-17-7-5-8-18-37)49-28-16-24-44-43-21-11-13-25-46(43)53(3,4)51(44)49/h5-34H,1-4H3. The van der Waals surface area contributed by atoms with Gasteiger partial charge in [0.25, 0.3) is 0 Å². The average Bonchev–Trinajstić information content (AvgIpc) is 3.69. The van der Waals surface area contributed by atoms with Gasteiger partial charge in [-0.2, -0.15) is 0 Å². The Morgan fingerprint density at radius 1 is 0.473 bits per heavy atom. The number of nitrogens with zero attached hydrogens (tertiary/aromatic N) is 2. The number of para-hydroxylation sites is 2. The first kappa shape index (κ1) is 33.0. The molecule has 0 radical (unpaired) electrons. The summed E-state index contributed by atoms with van der Waals surface area (Å²) < 4.78 is 2.40. The average molecular weight is 707 g/mol. The molecule has 1 aliphatic rings. The molecule has 0 saturated heterocycles. The third kappa shape index (κ3) is 5.16. The Morgan fingerprint density at radius 2 is 1.05 bits per heavy atom. The molecule has 0 aliphatic heterocycles. The fraction of sp³-hybridized carbons (Fsp3) is 0.0943. The zero-order chi connectivity index (χ0) is 37.3. The molecule has 1 aromatic heterocycles. The summed E-state index contributed by atoms with van der Waals surface area (Å²) in [4.78, 5) is 2.53. The van der Waals surface area contributed by atoms with E-state index in [1.54, 1.807) is 0 Å². The van der Waals surface area contributed by atoms with Gasteiger partial charge in [-0.05, 0) is 124 Å². The molecule has 2 heteroatoms. The Balaban J connectivity index is 1.18. The quantitative estimate of drug-likeness (QED) is 0.167. The van der Waals surface area contributed by atoms with E-state index in [0.29, 0.717) is 0 Å². The van der Waals surface area contributed by atoms with Crippen LogP contribution in [0.1, 0.15) is 36.1 Å². The highest BCUT2D eigenvalue weighted by molar-refractivity contribution is 6.16. The van der Waals surface area contributed by atoms with Gasteiger partial charge >= 0.3 is 0 Å². The van der Waals surface area contributed by atoms with Gasteiger partial charge in [-0.1, -0.05) is 141 Å². The van der Waals surface area contributed by atoms with Gasteiger partial charge in [-0.15, -0.1) is 0 Å². The minimum atomic E-state index is -0.172. The lowest BCUT2D eigenvalue weighted by Gasteiger charge is -2.34. The topological polar surface area (TPSA) is 8.17 Å². The van der Waals surface area contributed by atoms with Crippen molar-refractivity contribution in [2.45, 2.75) is 33.1 Å². The van der Waals surface area contributed by atoms with Gasteiger partial charge in [0.1, 0.15) is 0 Å². The number of aromatic nitrogens is 1. The summed E-state index contributed by atoms with van der Waals surface area (Å²) in [6.07, 6.45) is 0. The third-order valence-corrected chi connectivity index (χ3v) is 11.8. The van der Waals surface area contributed by atoms with Crippen molar-refractivity contribution in [3.05, 3.63) is 204 Å². The first-order valence-electron chi connectivity index (χ1n) is 19.3. The van der Waals surface area contributed by atoms with E-state index in [2.05, 4.69) is 219 Å². The van der Waals surface area contributed by atoms with Crippen LogP contribution in [0.2, 0.25) is 0 Å². The lowest BCUT2D eigenvalue weighted by atomic mass is 9.81. The van der Waals surface area contributed by atoms with Gasteiger partial charge in [0.2, 0.25) is 0 Å². The number of rotatable bonds is 6. The first-order chi connectivity index (χ1) is 26.9.